The molecule has 6 heteroatoms. The van der Waals surface area contributed by atoms with Crippen molar-refractivity contribution in [2.75, 3.05) is 13.1 Å². The lowest BCUT2D eigenvalue weighted by Crippen LogP contribution is -2.40. The Bertz CT molecular complexity index is 1270. The first-order valence-electron chi connectivity index (χ1n) is 12.3. The highest BCUT2D eigenvalue weighted by molar-refractivity contribution is 6.30. The molecule has 0 radical (unpaired) electrons. The molecule has 1 fully saturated rings. The van der Waals surface area contributed by atoms with Crippen molar-refractivity contribution in [2.45, 2.75) is 52.0 Å². The van der Waals surface area contributed by atoms with Gasteiger partial charge in [-0.15, -0.1) is 0 Å². The molecule has 34 heavy (non-hydrogen) atoms. The van der Waals surface area contributed by atoms with Crippen LogP contribution in [0.25, 0.3) is 16.9 Å². The van der Waals surface area contributed by atoms with Gasteiger partial charge in [0, 0.05) is 29.2 Å². The number of piperidine rings is 1. The zero-order valence-electron chi connectivity index (χ0n) is 20.2. The Morgan fingerprint density at radius 2 is 1.91 bits per heavy atom. The Morgan fingerprint density at radius 1 is 1.09 bits per heavy atom. The standard InChI is InChI=1S/C28H32ClN5/c1-4-19(2)27(23-8-5-7-22(16-23)21-10-12-25(29)13-11-21)33-14-6-9-24(17-33)26-15-20(3)32-28-30-18-31-34(26)28/h5,7-8,10-13,15-16,18-19,24,27H,4,6,9,14,17H2,1-3H3. The molecule has 1 aliphatic rings. The number of aryl methyl sites for hydroxylation is 1. The third-order valence-corrected chi connectivity index (χ3v) is 7.51. The summed E-state index contributed by atoms with van der Waals surface area (Å²) in [5, 5.41) is 5.25. The van der Waals surface area contributed by atoms with E-state index in [1.165, 1.54) is 28.8 Å². The number of aromatic nitrogens is 4. The Balaban J connectivity index is 1.47. The van der Waals surface area contributed by atoms with Crippen molar-refractivity contribution in [3.8, 4) is 11.1 Å². The summed E-state index contributed by atoms with van der Waals surface area (Å²) >= 11 is 6.13. The Labute approximate surface area is 206 Å². The van der Waals surface area contributed by atoms with Crippen LogP contribution in [-0.4, -0.2) is 37.6 Å². The predicted octanol–water partition coefficient (Wildman–Crippen LogP) is 6.72. The highest BCUT2D eigenvalue weighted by Crippen LogP contribution is 2.38. The number of hydrogen-bond acceptors (Lipinski definition) is 4. The molecule has 2 aromatic carbocycles. The van der Waals surface area contributed by atoms with Crippen molar-refractivity contribution < 1.29 is 0 Å². The van der Waals surface area contributed by atoms with Crippen LogP contribution >= 0.6 is 11.6 Å². The second kappa shape index (κ2) is 9.85. The molecule has 1 aliphatic heterocycles. The molecule has 1 saturated heterocycles. The van der Waals surface area contributed by atoms with Crippen LogP contribution in [0, 0.1) is 12.8 Å². The highest BCUT2D eigenvalue weighted by Gasteiger charge is 2.32. The monoisotopic (exact) mass is 473 g/mol. The fourth-order valence-electron chi connectivity index (χ4n) is 5.42. The minimum Gasteiger partial charge on any atom is -0.295 e. The molecule has 0 saturated carbocycles. The maximum absolute atomic E-state index is 6.13. The van der Waals surface area contributed by atoms with E-state index in [2.05, 4.69) is 76.3 Å². The summed E-state index contributed by atoms with van der Waals surface area (Å²) in [7, 11) is 0. The van der Waals surface area contributed by atoms with Crippen LogP contribution in [-0.2, 0) is 0 Å². The summed E-state index contributed by atoms with van der Waals surface area (Å²) < 4.78 is 1.93. The molecule has 3 unspecified atom stereocenters. The molecular formula is C28H32ClN5. The van der Waals surface area contributed by atoms with E-state index in [1.807, 2.05) is 23.6 Å². The van der Waals surface area contributed by atoms with Gasteiger partial charge in [-0.25, -0.2) is 9.50 Å². The van der Waals surface area contributed by atoms with Crippen molar-refractivity contribution in [3.63, 3.8) is 0 Å². The summed E-state index contributed by atoms with van der Waals surface area (Å²) in [6.45, 7) is 8.85. The third kappa shape index (κ3) is 4.59. The largest absolute Gasteiger partial charge is 0.295 e. The van der Waals surface area contributed by atoms with Crippen molar-refractivity contribution in [1.82, 2.24) is 24.5 Å². The first kappa shape index (κ1) is 23.0. The molecule has 4 aromatic rings. The van der Waals surface area contributed by atoms with Crippen molar-refractivity contribution in [2.24, 2.45) is 5.92 Å². The van der Waals surface area contributed by atoms with E-state index < -0.39 is 0 Å². The first-order valence-corrected chi connectivity index (χ1v) is 12.7. The molecule has 2 aromatic heterocycles. The number of likely N-dealkylation sites (tertiary alicyclic amines) is 1. The normalized spacial score (nSPS) is 18.8. The zero-order valence-corrected chi connectivity index (χ0v) is 20.9. The van der Waals surface area contributed by atoms with E-state index in [1.54, 1.807) is 6.33 Å². The van der Waals surface area contributed by atoms with E-state index in [-0.39, 0.29) is 0 Å². The lowest BCUT2D eigenvalue weighted by atomic mass is 9.85. The summed E-state index contributed by atoms with van der Waals surface area (Å²) in [5.41, 5.74) is 6.06. The quantitative estimate of drug-likeness (QED) is 0.312. The molecule has 0 amide bonds. The van der Waals surface area contributed by atoms with Crippen molar-refractivity contribution >= 4 is 17.4 Å². The van der Waals surface area contributed by atoms with Crippen LogP contribution in [0.15, 0.2) is 60.9 Å². The maximum Gasteiger partial charge on any atom is 0.252 e. The second-order valence-corrected chi connectivity index (χ2v) is 10.0. The van der Waals surface area contributed by atoms with E-state index in [0.29, 0.717) is 23.7 Å². The van der Waals surface area contributed by atoms with Gasteiger partial charge in [-0.2, -0.15) is 10.1 Å². The summed E-state index contributed by atoms with van der Waals surface area (Å²) in [5.74, 6) is 1.65. The average molecular weight is 474 g/mol. The maximum atomic E-state index is 6.13. The zero-order chi connectivity index (χ0) is 23.7. The molecule has 5 nitrogen and oxygen atoms in total. The molecule has 3 atom stereocenters. The Kier molecular flexibility index (Phi) is 6.66. The van der Waals surface area contributed by atoms with Crippen molar-refractivity contribution in [3.05, 3.63) is 82.9 Å². The summed E-state index contributed by atoms with van der Waals surface area (Å²) in [6.07, 6.45) is 5.08. The molecule has 5 rings (SSSR count). The van der Waals surface area contributed by atoms with Gasteiger partial charge in [-0.3, -0.25) is 4.90 Å². The van der Waals surface area contributed by atoms with Crippen LogP contribution in [0.4, 0.5) is 0 Å². The van der Waals surface area contributed by atoms with Crippen LogP contribution < -0.4 is 0 Å². The minimum atomic E-state index is 0.370. The lowest BCUT2D eigenvalue weighted by molar-refractivity contribution is 0.107. The predicted molar refractivity (Wildman–Crippen MR) is 138 cm³/mol. The number of rotatable bonds is 6. The van der Waals surface area contributed by atoms with Crippen LogP contribution in [0.2, 0.25) is 5.02 Å². The highest BCUT2D eigenvalue weighted by atomic mass is 35.5. The molecule has 176 valence electrons. The fraction of sp³-hybridized carbons (Fsp3) is 0.393. The topological polar surface area (TPSA) is 46.3 Å². The molecule has 0 bridgehead atoms. The second-order valence-electron chi connectivity index (χ2n) is 9.59. The molecule has 3 heterocycles. The first-order chi connectivity index (χ1) is 16.5. The van der Waals surface area contributed by atoms with Gasteiger partial charge in [0.2, 0.25) is 0 Å². The lowest BCUT2D eigenvalue weighted by Gasteiger charge is -2.41. The molecular weight excluding hydrogens is 442 g/mol. The number of nitrogens with zero attached hydrogens (tertiary/aromatic N) is 5. The Morgan fingerprint density at radius 3 is 2.71 bits per heavy atom. The van der Waals surface area contributed by atoms with Gasteiger partial charge < -0.3 is 0 Å². The third-order valence-electron chi connectivity index (χ3n) is 7.26. The average Bonchev–Trinajstić information content (AvgIpc) is 3.33. The van der Waals surface area contributed by atoms with Gasteiger partial charge in [0.15, 0.2) is 0 Å². The summed E-state index contributed by atoms with van der Waals surface area (Å²) in [6, 6.07) is 19.8. The molecule has 0 aliphatic carbocycles. The van der Waals surface area contributed by atoms with Crippen LogP contribution in [0.3, 0.4) is 0 Å². The van der Waals surface area contributed by atoms with Crippen molar-refractivity contribution in [1.29, 1.82) is 0 Å². The van der Waals surface area contributed by atoms with E-state index in [4.69, 9.17) is 11.6 Å². The smallest absolute Gasteiger partial charge is 0.252 e. The summed E-state index contributed by atoms with van der Waals surface area (Å²) in [4.78, 5) is 11.6. The van der Waals surface area contributed by atoms with E-state index in [0.717, 1.165) is 36.6 Å². The van der Waals surface area contributed by atoms with Gasteiger partial charge >= 0.3 is 0 Å². The molecule has 0 spiro atoms. The van der Waals surface area contributed by atoms with E-state index in [9.17, 15) is 0 Å². The Hall–Kier alpha value is -2.76. The van der Waals surface area contributed by atoms with Gasteiger partial charge in [0.05, 0.1) is 5.69 Å². The molecule has 0 N–H and O–H groups in total. The SMILES string of the molecule is CCC(C)C(c1cccc(-c2ccc(Cl)cc2)c1)N1CCCC(c2cc(C)nc3ncnn23)C1. The number of hydrogen-bond donors (Lipinski definition) is 0. The number of fused-ring (bicyclic) bond motifs is 1. The number of benzene rings is 2. The van der Waals surface area contributed by atoms with Gasteiger partial charge in [0.25, 0.3) is 5.78 Å². The van der Waals surface area contributed by atoms with E-state index >= 15 is 0 Å². The van der Waals surface area contributed by atoms with Gasteiger partial charge in [-0.1, -0.05) is 62.2 Å². The minimum absolute atomic E-state index is 0.370. The number of halogens is 1. The fourth-order valence-corrected chi connectivity index (χ4v) is 5.54. The van der Waals surface area contributed by atoms with Gasteiger partial charge in [-0.05, 0) is 73.2 Å². The van der Waals surface area contributed by atoms with Gasteiger partial charge in [0.1, 0.15) is 6.33 Å². The van der Waals surface area contributed by atoms with Crippen LogP contribution in [0.5, 0.6) is 0 Å². The van der Waals surface area contributed by atoms with Crippen LogP contribution in [0.1, 0.15) is 62.0 Å².